The van der Waals surface area contributed by atoms with Crippen molar-refractivity contribution < 1.29 is 50.9 Å². The fourth-order valence-electron chi connectivity index (χ4n) is 1.70. The molecule has 2 heterocycles. The van der Waals surface area contributed by atoms with Crippen LogP contribution < -0.4 is 5.32 Å². The van der Waals surface area contributed by atoms with Gasteiger partial charge in [0.05, 0.1) is 6.42 Å². The highest BCUT2D eigenvalue weighted by Gasteiger charge is 2.38. The molecule has 0 unspecified atom stereocenters. The van der Waals surface area contributed by atoms with E-state index >= 15 is 0 Å². The zero-order chi connectivity index (χ0) is 22.7. The number of aromatic nitrogens is 1. The van der Waals surface area contributed by atoms with E-state index in [1.54, 1.807) is 12.4 Å². The first-order chi connectivity index (χ1) is 13.2. The minimum absolute atomic E-state index is 0.211. The summed E-state index contributed by atoms with van der Waals surface area (Å²) in [5.41, 5.74) is 1.04. The highest BCUT2D eigenvalue weighted by molar-refractivity contribution is 5.78. The summed E-state index contributed by atoms with van der Waals surface area (Å²) in [5, 5.41) is 17.5. The maximum Gasteiger partial charge on any atom is 0.490 e. The molecule has 29 heavy (non-hydrogen) atoms. The lowest BCUT2D eigenvalue weighted by Crippen LogP contribution is -2.46. The van der Waals surface area contributed by atoms with Crippen LogP contribution in [0.15, 0.2) is 24.5 Å². The molecule has 1 aromatic heterocycles. The van der Waals surface area contributed by atoms with Gasteiger partial charge in [0.25, 0.3) is 0 Å². The summed E-state index contributed by atoms with van der Waals surface area (Å²) < 4.78 is 63.5. The number of carboxylic acids is 2. The summed E-state index contributed by atoms with van der Waals surface area (Å²) >= 11 is 0. The number of alkyl halides is 6. The first-order valence-electron chi connectivity index (χ1n) is 7.72. The molecule has 3 N–H and O–H groups in total. The molecule has 0 bridgehead atoms. The quantitative estimate of drug-likeness (QED) is 0.602. The molecule has 0 aromatic carbocycles. The molecule has 0 aliphatic carbocycles. The second-order valence-electron chi connectivity index (χ2n) is 5.27. The number of halogens is 6. The lowest BCUT2D eigenvalue weighted by molar-refractivity contribution is -0.193. The van der Waals surface area contributed by atoms with Crippen LogP contribution in [0.4, 0.5) is 26.3 Å². The fourth-order valence-corrected chi connectivity index (χ4v) is 1.70. The summed E-state index contributed by atoms with van der Waals surface area (Å²) in [6, 6.07) is 3.78. The van der Waals surface area contributed by atoms with Gasteiger partial charge < -0.3 is 20.4 Å². The molecular weight excluding hydrogens is 416 g/mol. The van der Waals surface area contributed by atoms with Gasteiger partial charge in [-0.15, -0.1) is 0 Å². The van der Waals surface area contributed by atoms with E-state index in [2.05, 4.69) is 10.3 Å². The van der Waals surface area contributed by atoms with Crippen LogP contribution in [0.3, 0.4) is 0 Å². The number of amides is 1. The minimum atomic E-state index is -5.08. The monoisotopic (exact) mass is 433 g/mol. The number of nitrogens with zero attached hydrogens (tertiary/aromatic N) is 2. The Labute approximate surface area is 160 Å². The number of carbonyl (C=O) groups excluding carboxylic acids is 1. The zero-order valence-corrected chi connectivity index (χ0v) is 14.6. The van der Waals surface area contributed by atoms with Crippen LogP contribution in [0, 0.1) is 0 Å². The molecule has 0 saturated carbocycles. The molecule has 8 nitrogen and oxygen atoms in total. The molecule has 1 aliphatic heterocycles. The highest BCUT2D eigenvalue weighted by Crippen LogP contribution is 2.13. The van der Waals surface area contributed by atoms with Crippen molar-refractivity contribution in [2.45, 2.75) is 18.8 Å². The summed E-state index contributed by atoms with van der Waals surface area (Å²) in [4.78, 5) is 35.5. The van der Waals surface area contributed by atoms with Crippen LogP contribution in [0.2, 0.25) is 0 Å². The number of piperazine rings is 1. The second kappa shape index (κ2) is 11.8. The summed E-state index contributed by atoms with van der Waals surface area (Å²) in [7, 11) is 0. The molecule has 0 spiro atoms. The Morgan fingerprint density at radius 3 is 1.66 bits per heavy atom. The number of hydrogen-bond donors (Lipinski definition) is 3. The van der Waals surface area contributed by atoms with Crippen LogP contribution >= 0.6 is 0 Å². The third-order valence-electron chi connectivity index (χ3n) is 3.06. The smallest absolute Gasteiger partial charge is 0.475 e. The third kappa shape index (κ3) is 12.2. The lowest BCUT2D eigenvalue weighted by atomic mass is 10.2. The highest BCUT2D eigenvalue weighted by atomic mass is 19.4. The van der Waals surface area contributed by atoms with Crippen molar-refractivity contribution in [1.29, 1.82) is 0 Å². The minimum Gasteiger partial charge on any atom is -0.475 e. The van der Waals surface area contributed by atoms with Crippen molar-refractivity contribution in [1.82, 2.24) is 15.2 Å². The first kappa shape index (κ1) is 26.1. The molecule has 0 radical (unpaired) electrons. The predicted octanol–water partition coefficient (Wildman–Crippen LogP) is 1.32. The Morgan fingerprint density at radius 1 is 0.931 bits per heavy atom. The number of rotatable bonds is 2. The average molecular weight is 433 g/mol. The molecular formula is C15H17F6N3O5. The van der Waals surface area contributed by atoms with Crippen LogP contribution in [0.1, 0.15) is 5.56 Å². The van der Waals surface area contributed by atoms with E-state index in [9.17, 15) is 31.1 Å². The Kier molecular flexibility index (Phi) is 10.6. The first-order valence-corrected chi connectivity index (χ1v) is 7.72. The van der Waals surface area contributed by atoms with E-state index in [0.717, 1.165) is 31.7 Å². The number of carbonyl (C=O) groups is 3. The summed E-state index contributed by atoms with van der Waals surface area (Å²) in [5.74, 6) is -5.30. The van der Waals surface area contributed by atoms with Crippen molar-refractivity contribution in [3.05, 3.63) is 30.1 Å². The molecule has 1 saturated heterocycles. The SMILES string of the molecule is O=C(Cc1ccncc1)N1CCNCC1.O=C(O)C(F)(F)F.O=C(O)C(F)(F)F. The van der Waals surface area contributed by atoms with Crippen LogP contribution in [0.5, 0.6) is 0 Å². The molecule has 1 aromatic rings. The van der Waals surface area contributed by atoms with Crippen LogP contribution in [-0.2, 0) is 20.8 Å². The molecule has 1 amide bonds. The maximum absolute atomic E-state index is 11.8. The Bertz CT molecular complexity index is 637. The van der Waals surface area contributed by atoms with E-state index in [1.165, 1.54) is 0 Å². The number of nitrogens with one attached hydrogen (secondary N) is 1. The van der Waals surface area contributed by atoms with E-state index < -0.39 is 24.3 Å². The summed E-state index contributed by atoms with van der Waals surface area (Å²) in [6.45, 7) is 3.46. The van der Waals surface area contributed by atoms with Gasteiger partial charge in [-0.05, 0) is 17.7 Å². The van der Waals surface area contributed by atoms with Gasteiger partial charge in [0.1, 0.15) is 0 Å². The van der Waals surface area contributed by atoms with Gasteiger partial charge in [0, 0.05) is 38.6 Å². The topological polar surface area (TPSA) is 120 Å². The zero-order valence-electron chi connectivity index (χ0n) is 14.6. The largest absolute Gasteiger partial charge is 0.490 e. The third-order valence-corrected chi connectivity index (χ3v) is 3.06. The van der Waals surface area contributed by atoms with Crippen molar-refractivity contribution in [3.63, 3.8) is 0 Å². The van der Waals surface area contributed by atoms with Gasteiger partial charge in [-0.3, -0.25) is 9.78 Å². The number of aliphatic carboxylic acids is 2. The van der Waals surface area contributed by atoms with Gasteiger partial charge in [0.15, 0.2) is 0 Å². The van der Waals surface area contributed by atoms with Crippen LogP contribution in [0.25, 0.3) is 0 Å². The number of carboxylic acid groups (broad SMARTS) is 2. The second-order valence-corrected chi connectivity index (χ2v) is 5.27. The Balaban J connectivity index is 0.000000473. The van der Waals surface area contributed by atoms with E-state index in [4.69, 9.17) is 19.8 Å². The van der Waals surface area contributed by atoms with E-state index in [-0.39, 0.29) is 5.91 Å². The van der Waals surface area contributed by atoms with Gasteiger partial charge in [-0.2, -0.15) is 26.3 Å². The number of hydrogen-bond acceptors (Lipinski definition) is 5. The fraction of sp³-hybridized carbons (Fsp3) is 0.467. The van der Waals surface area contributed by atoms with Gasteiger partial charge >= 0.3 is 24.3 Å². The Hall–Kier alpha value is -2.90. The molecule has 2 rings (SSSR count). The van der Waals surface area contributed by atoms with Gasteiger partial charge in [0.2, 0.25) is 5.91 Å². The molecule has 1 aliphatic rings. The van der Waals surface area contributed by atoms with Crippen molar-refractivity contribution in [2.24, 2.45) is 0 Å². The predicted molar refractivity (Wildman–Crippen MR) is 84.8 cm³/mol. The summed E-state index contributed by atoms with van der Waals surface area (Å²) in [6.07, 6.45) is -6.23. The van der Waals surface area contributed by atoms with Crippen molar-refractivity contribution in [2.75, 3.05) is 26.2 Å². The molecule has 14 heteroatoms. The van der Waals surface area contributed by atoms with E-state index in [0.29, 0.717) is 6.42 Å². The number of pyridine rings is 1. The molecule has 1 fully saturated rings. The van der Waals surface area contributed by atoms with Crippen molar-refractivity contribution >= 4 is 17.8 Å². The van der Waals surface area contributed by atoms with Crippen LogP contribution in [-0.4, -0.2) is 76.5 Å². The molecule has 164 valence electrons. The molecule has 0 atom stereocenters. The maximum atomic E-state index is 11.8. The normalized spacial score (nSPS) is 13.9. The van der Waals surface area contributed by atoms with Crippen molar-refractivity contribution in [3.8, 4) is 0 Å². The Morgan fingerprint density at radius 2 is 1.31 bits per heavy atom. The van der Waals surface area contributed by atoms with Gasteiger partial charge in [-0.25, -0.2) is 9.59 Å². The lowest BCUT2D eigenvalue weighted by Gasteiger charge is -2.27. The van der Waals surface area contributed by atoms with Gasteiger partial charge in [-0.1, -0.05) is 0 Å². The average Bonchev–Trinajstić information content (AvgIpc) is 2.63. The van der Waals surface area contributed by atoms with E-state index in [1.807, 2.05) is 17.0 Å². The standard InChI is InChI=1S/C11H15N3O.2C2HF3O2/c15-11(14-7-5-13-6-8-14)9-10-1-3-12-4-2-10;2*3-2(4,5)1(6)7/h1-4,13H,5-9H2;2*(H,6,7).